The van der Waals surface area contributed by atoms with Crippen LogP contribution in [0.15, 0.2) is 48.5 Å². The van der Waals surface area contributed by atoms with E-state index in [0.29, 0.717) is 10.6 Å². The Morgan fingerprint density at radius 2 is 1.83 bits per heavy atom. The number of aromatic nitrogens is 1. The first kappa shape index (κ1) is 16.1. The maximum absolute atomic E-state index is 13.8. The summed E-state index contributed by atoms with van der Waals surface area (Å²) in [6.45, 7) is 1.92. The third-order valence-corrected chi connectivity index (χ3v) is 4.46. The first-order valence-electron chi connectivity index (χ1n) is 7.32. The van der Waals surface area contributed by atoms with E-state index in [1.54, 1.807) is 49.4 Å². The van der Waals surface area contributed by atoms with Crippen molar-refractivity contribution in [2.45, 2.75) is 6.92 Å². The average Bonchev–Trinajstić information content (AvgIpc) is 2.98. The van der Waals surface area contributed by atoms with Gasteiger partial charge in [0.25, 0.3) is 0 Å². The molecular formula is C18H14FNO3S. The Labute approximate surface area is 142 Å². The van der Waals surface area contributed by atoms with Crippen LogP contribution in [0.4, 0.5) is 4.39 Å². The van der Waals surface area contributed by atoms with E-state index >= 15 is 0 Å². The molecule has 24 heavy (non-hydrogen) atoms. The number of carbonyl (C=O) groups excluding carboxylic acids is 1. The van der Waals surface area contributed by atoms with E-state index in [1.807, 2.05) is 0 Å². The molecule has 1 heterocycles. The van der Waals surface area contributed by atoms with E-state index in [0.717, 1.165) is 22.5 Å². The van der Waals surface area contributed by atoms with Crippen LogP contribution in [-0.4, -0.2) is 22.7 Å². The molecule has 0 aliphatic rings. The van der Waals surface area contributed by atoms with Gasteiger partial charge >= 0.3 is 5.97 Å². The van der Waals surface area contributed by atoms with Crippen molar-refractivity contribution < 1.29 is 19.0 Å². The van der Waals surface area contributed by atoms with Gasteiger partial charge in [0.1, 0.15) is 10.8 Å². The van der Waals surface area contributed by atoms with Crippen molar-refractivity contribution in [1.29, 1.82) is 0 Å². The lowest BCUT2D eigenvalue weighted by molar-refractivity contribution is 0.0528. The SMILES string of the molecule is CCOC(=O)c1sc(-c2ccc(-c3ccccc3F)cc2)nc1O. The number of hydrogen-bond acceptors (Lipinski definition) is 5. The number of aromatic hydroxyl groups is 1. The molecule has 0 radical (unpaired) electrons. The quantitative estimate of drug-likeness (QED) is 0.709. The van der Waals surface area contributed by atoms with Gasteiger partial charge in [-0.25, -0.2) is 14.2 Å². The van der Waals surface area contributed by atoms with Gasteiger partial charge in [-0.05, 0) is 18.6 Å². The largest absolute Gasteiger partial charge is 0.492 e. The predicted molar refractivity (Wildman–Crippen MR) is 90.6 cm³/mol. The Morgan fingerprint density at radius 1 is 1.17 bits per heavy atom. The molecule has 0 aliphatic heterocycles. The minimum absolute atomic E-state index is 0.0741. The molecule has 0 atom stereocenters. The molecule has 0 amide bonds. The summed E-state index contributed by atoms with van der Waals surface area (Å²) in [6, 6.07) is 13.6. The summed E-state index contributed by atoms with van der Waals surface area (Å²) in [4.78, 5) is 15.8. The predicted octanol–water partition coefficient (Wildman–Crippen LogP) is 4.50. The highest BCUT2D eigenvalue weighted by atomic mass is 32.1. The van der Waals surface area contributed by atoms with Gasteiger partial charge in [0.2, 0.25) is 5.88 Å². The van der Waals surface area contributed by atoms with E-state index in [9.17, 15) is 14.3 Å². The number of esters is 1. The van der Waals surface area contributed by atoms with Crippen LogP contribution in [-0.2, 0) is 4.74 Å². The van der Waals surface area contributed by atoms with Crippen molar-refractivity contribution in [3.8, 4) is 27.6 Å². The molecule has 3 rings (SSSR count). The van der Waals surface area contributed by atoms with Crippen molar-refractivity contribution in [3.63, 3.8) is 0 Å². The lowest BCUT2D eigenvalue weighted by atomic mass is 10.0. The molecule has 0 saturated heterocycles. The smallest absolute Gasteiger partial charge is 0.353 e. The van der Waals surface area contributed by atoms with Crippen molar-refractivity contribution in [2.75, 3.05) is 6.61 Å². The average molecular weight is 343 g/mol. The molecule has 0 aliphatic carbocycles. The number of nitrogens with zero attached hydrogens (tertiary/aromatic N) is 1. The Kier molecular flexibility index (Phi) is 4.57. The van der Waals surface area contributed by atoms with Crippen molar-refractivity contribution in [1.82, 2.24) is 4.98 Å². The summed E-state index contributed by atoms with van der Waals surface area (Å²) < 4.78 is 18.7. The van der Waals surface area contributed by atoms with Crippen LogP contribution in [0.2, 0.25) is 0 Å². The fourth-order valence-corrected chi connectivity index (χ4v) is 3.11. The number of halogens is 1. The second-order valence-electron chi connectivity index (χ2n) is 4.95. The molecule has 0 unspecified atom stereocenters. The summed E-state index contributed by atoms with van der Waals surface area (Å²) in [5.41, 5.74) is 1.98. The van der Waals surface area contributed by atoms with Crippen molar-refractivity contribution >= 4 is 17.3 Å². The Hall–Kier alpha value is -2.73. The zero-order valence-electron chi connectivity index (χ0n) is 12.8. The summed E-state index contributed by atoms with van der Waals surface area (Å²) in [5.74, 6) is -1.23. The maximum atomic E-state index is 13.8. The summed E-state index contributed by atoms with van der Waals surface area (Å²) in [7, 11) is 0. The fourth-order valence-electron chi connectivity index (χ4n) is 2.25. The molecule has 2 aromatic carbocycles. The van der Waals surface area contributed by atoms with Gasteiger partial charge < -0.3 is 9.84 Å². The highest BCUT2D eigenvalue weighted by Gasteiger charge is 2.19. The number of ether oxygens (including phenoxy) is 1. The van der Waals surface area contributed by atoms with Crippen LogP contribution in [0.25, 0.3) is 21.7 Å². The van der Waals surface area contributed by atoms with E-state index in [2.05, 4.69) is 4.98 Å². The Bertz CT molecular complexity index is 874. The van der Waals surface area contributed by atoms with Crippen LogP contribution in [0.5, 0.6) is 5.88 Å². The Morgan fingerprint density at radius 3 is 2.50 bits per heavy atom. The topological polar surface area (TPSA) is 59.4 Å². The third kappa shape index (κ3) is 3.14. The highest BCUT2D eigenvalue weighted by molar-refractivity contribution is 7.17. The third-order valence-electron chi connectivity index (χ3n) is 3.39. The molecule has 1 aromatic heterocycles. The van der Waals surface area contributed by atoms with Crippen molar-refractivity contribution in [3.05, 3.63) is 59.2 Å². The van der Waals surface area contributed by atoms with Crippen LogP contribution < -0.4 is 0 Å². The normalized spacial score (nSPS) is 10.6. The molecule has 0 bridgehead atoms. The summed E-state index contributed by atoms with van der Waals surface area (Å²) in [5, 5.41) is 10.3. The standard InChI is InChI=1S/C18H14FNO3S/c1-2-23-18(22)15-16(21)20-17(24-15)12-9-7-11(8-10-12)13-5-3-4-6-14(13)19/h3-10,21H,2H2,1H3. The van der Waals surface area contributed by atoms with Crippen molar-refractivity contribution in [2.24, 2.45) is 0 Å². The summed E-state index contributed by atoms with van der Waals surface area (Å²) >= 11 is 1.06. The van der Waals surface area contributed by atoms with E-state index in [1.165, 1.54) is 6.07 Å². The van der Waals surface area contributed by atoms with Crippen LogP contribution in [0.1, 0.15) is 16.6 Å². The molecule has 0 saturated carbocycles. The van der Waals surface area contributed by atoms with Crippen LogP contribution in [0.3, 0.4) is 0 Å². The molecule has 1 N–H and O–H groups in total. The molecule has 4 nitrogen and oxygen atoms in total. The minimum atomic E-state index is -0.596. The Balaban J connectivity index is 1.90. The lowest BCUT2D eigenvalue weighted by Gasteiger charge is -2.04. The van der Waals surface area contributed by atoms with Gasteiger partial charge in [0, 0.05) is 11.1 Å². The maximum Gasteiger partial charge on any atom is 0.353 e. The number of hydrogen-bond donors (Lipinski definition) is 1. The zero-order chi connectivity index (χ0) is 17.1. The fraction of sp³-hybridized carbons (Fsp3) is 0.111. The van der Waals surface area contributed by atoms with Gasteiger partial charge in [-0.1, -0.05) is 42.5 Å². The van der Waals surface area contributed by atoms with Crippen LogP contribution in [0, 0.1) is 5.82 Å². The second kappa shape index (κ2) is 6.80. The monoisotopic (exact) mass is 343 g/mol. The van der Waals surface area contributed by atoms with Gasteiger partial charge in [-0.2, -0.15) is 0 Å². The molecular weight excluding hydrogens is 329 g/mol. The van der Waals surface area contributed by atoms with Gasteiger partial charge in [0.15, 0.2) is 4.88 Å². The highest BCUT2D eigenvalue weighted by Crippen LogP contribution is 2.33. The first-order valence-corrected chi connectivity index (χ1v) is 8.14. The number of carbonyl (C=O) groups is 1. The minimum Gasteiger partial charge on any atom is -0.492 e. The molecule has 122 valence electrons. The number of thiazole rings is 1. The summed E-state index contributed by atoms with van der Waals surface area (Å²) in [6.07, 6.45) is 0. The van der Waals surface area contributed by atoms with Gasteiger partial charge in [-0.3, -0.25) is 0 Å². The molecule has 0 spiro atoms. The zero-order valence-corrected chi connectivity index (χ0v) is 13.6. The number of rotatable bonds is 4. The van der Waals surface area contributed by atoms with Gasteiger partial charge in [0.05, 0.1) is 6.61 Å². The van der Waals surface area contributed by atoms with E-state index < -0.39 is 5.97 Å². The second-order valence-corrected chi connectivity index (χ2v) is 5.95. The van der Waals surface area contributed by atoms with Crippen LogP contribution >= 0.6 is 11.3 Å². The first-order chi connectivity index (χ1) is 11.6. The molecule has 3 aromatic rings. The van der Waals surface area contributed by atoms with E-state index in [4.69, 9.17) is 4.74 Å². The lowest BCUT2D eigenvalue weighted by Crippen LogP contribution is -2.02. The molecule has 6 heteroatoms. The molecule has 0 fully saturated rings. The van der Waals surface area contributed by atoms with E-state index in [-0.39, 0.29) is 23.2 Å². The van der Waals surface area contributed by atoms with Gasteiger partial charge in [-0.15, -0.1) is 11.3 Å². The number of benzene rings is 2.